The number of fused-ring (bicyclic) bond motifs is 1. The summed E-state index contributed by atoms with van der Waals surface area (Å²) in [4.78, 5) is 10.8. The van der Waals surface area contributed by atoms with E-state index in [2.05, 4.69) is 0 Å². The Kier molecular flexibility index (Phi) is 3.84. The molecule has 0 fully saturated rings. The maximum Gasteiger partial charge on any atom is 0.339 e. The third-order valence-corrected chi connectivity index (χ3v) is 5.53. The molecule has 126 valence electrons. The smallest absolute Gasteiger partial charge is 0.339 e. The van der Waals surface area contributed by atoms with E-state index < -0.39 is 32.2 Å². The number of para-hydroxylation sites is 2. The molecule has 0 atom stereocenters. The van der Waals surface area contributed by atoms with Gasteiger partial charge in [-0.15, -0.1) is 0 Å². The molecule has 0 saturated carbocycles. The number of aryl methyl sites for hydroxylation is 1. The number of aromatic hydroxyl groups is 1. The predicted octanol–water partition coefficient (Wildman–Crippen LogP) is 1.99. The predicted molar refractivity (Wildman–Crippen MR) is 86.3 cm³/mol. The van der Waals surface area contributed by atoms with Crippen LogP contribution in [0.25, 0.3) is 0 Å². The zero-order chi connectivity index (χ0) is 17.5. The molecule has 2 aromatic rings. The summed E-state index contributed by atoms with van der Waals surface area (Å²) < 4.78 is 32.6. The summed E-state index contributed by atoms with van der Waals surface area (Å²) >= 11 is 0. The molecule has 3 rings (SSSR count). The van der Waals surface area contributed by atoms with Gasteiger partial charge in [0.05, 0.1) is 12.2 Å². The largest absolute Gasteiger partial charge is 0.506 e. The Morgan fingerprint density at radius 1 is 1.25 bits per heavy atom. The molecule has 0 amide bonds. The van der Waals surface area contributed by atoms with Gasteiger partial charge in [0.2, 0.25) is 0 Å². The lowest BCUT2D eigenvalue weighted by atomic mass is 10.1. The minimum Gasteiger partial charge on any atom is -0.506 e. The lowest BCUT2D eigenvalue weighted by Gasteiger charge is -2.30. The van der Waals surface area contributed by atoms with Gasteiger partial charge in [0.1, 0.15) is 22.8 Å². The number of rotatable bonds is 3. The van der Waals surface area contributed by atoms with E-state index in [1.165, 1.54) is 12.1 Å². The third-order valence-electron chi connectivity index (χ3n) is 3.70. The van der Waals surface area contributed by atoms with Gasteiger partial charge in [0.15, 0.2) is 5.75 Å². The molecule has 2 N–H and O–H groups in total. The number of phenols is 1. The molecular weight excluding hydrogens is 334 g/mol. The minimum absolute atomic E-state index is 0.0646. The van der Waals surface area contributed by atoms with E-state index >= 15 is 0 Å². The van der Waals surface area contributed by atoms with Crippen LogP contribution < -0.4 is 9.04 Å². The first-order chi connectivity index (χ1) is 11.3. The summed E-state index contributed by atoms with van der Waals surface area (Å²) in [6, 6.07) is 9.13. The van der Waals surface area contributed by atoms with Crippen molar-refractivity contribution in [2.45, 2.75) is 11.8 Å². The molecule has 1 aliphatic heterocycles. The Morgan fingerprint density at radius 2 is 1.96 bits per heavy atom. The van der Waals surface area contributed by atoms with E-state index in [0.717, 1.165) is 4.31 Å². The standard InChI is InChI=1S/C16H15NO6S/c1-10-8-11(16(19)20)15(18)14(9-10)24(21,22)17-6-7-23-13-5-3-2-4-12(13)17/h2-5,8-9,18H,6-7H2,1H3,(H,19,20). The molecule has 1 aliphatic rings. The quantitative estimate of drug-likeness (QED) is 0.878. The zero-order valence-corrected chi connectivity index (χ0v) is 13.6. The van der Waals surface area contributed by atoms with Crippen molar-refractivity contribution in [3.05, 3.63) is 47.5 Å². The van der Waals surface area contributed by atoms with E-state index in [1.54, 1.807) is 31.2 Å². The third kappa shape index (κ3) is 2.54. The van der Waals surface area contributed by atoms with E-state index in [-0.39, 0.29) is 13.2 Å². The molecule has 0 bridgehead atoms. The van der Waals surface area contributed by atoms with Crippen LogP contribution in [0, 0.1) is 6.92 Å². The molecule has 7 nitrogen and oxygen atoms in total. The fourth-order valence-corrected chi connectivity index (χ4v) is 4.27. The number of anilines is 1. The highest BCUT2D eigenvalue weighted by Gasteiger charge is 2.33. The SMILES string of the molecule is Cc1cc(C(=O)O)c(O)c(S(=O)(=O)N2CCOc3ccccc32)c1. The first kappa shape index (κ1) is 16.1. The first-order valence-corrected chi connectivity index (χ1v) is 8.58. The highest BCUT2D eigenvalue weighted by atomic mass is 32.2. The fraction of sp³-hybridized carbons (Fsp3) is 0.188. The summed E-state index contributed by atoms with van der Waals surface area (Å²) in [7, 11) is -4.14. The van der Waals surface area contributed by atoms with E-state index in [1.807, 2.05) is 0 Å². The van der Waals surface area contributed by atoms with E-state index in [9.17, 15) is 18.3 Å². The number of carboxylic acid groups (broad SMARTS) is 1. The van der Waals surface area contributed by atoms with Gasteiger partial charge in [-0.25, -0.2) is 13.2 Å². The summed E-state index contributed by atoms with van der Waals surface area (Å²) in [6.07, 6.45) is 0. The molecule has 2 aromatic carbocycles. The van der Waals surface area contributed by atoms with Crippen LogP contribution in [0.2, 0.25) is 0 Å². The van der Waals surface area contributed by atoms with Gasteiger partial charge >= 0.3 is 5.97 Å². The van der Waals surface area contributed by atoms with Crippen molar-refractivity contribution >= 4 is 21.7 Å². The number of sulfonamides is 1. The summed E-state index contributed by atoms with van der Waals surface area (Å²) in [5.41, 5.74) is 0.321. The molecule has 0 saturated heterocycles. The summed E-state index contributed by atoms with van der Waals surface area (Å²) in [5, 5.41) is 19.3. The van der Waals surface area contributed by atoms with Gasteiger partial charge in [-0.1, -0.05) is 12.1 Å². The molecule has 0 aromatic heterocycles. The van der Waals surface area contributed by atoms with Crippen molar-refractivity contribution in [3.63, 3.8) is 0 Å². The van der Waals surface area contributed by atoms with Crippen molar-refractivity contribution in [3.8, 4) is 11.5 Å². The van der Waals surface area contributed by atoms with Crippen molar-refractivity contribution < 1.29 is 28.2 Å². The first-order valence-electron chi connectivity index (χ1n) is 7.14. The highest BCUT2D eigenvalue weighted by Crippen LogP contribution is 2.38. The van der Waals surface area contributed by atoms with E-state index in [0.29, 0.717) is 17.0 Å². The summed E-state index contributed by atoms with van der Waals surface area (Å²) in [5.74, 6) is -1.75. The molecule has 0 radical (unpaired) electrons. The lowest BCUT2D eigenvalue weighted by molar-refractivity contribution is 0.0693. The molecule has 1 heterocycles. The number of hydrogen-bond donors (Lipinski definition) is 2. The normalized spacial score (nSPS) is 14.0. The van der Waals surface area contributed by atoms with Gasteiger partial charge in [0.25, 0.3) is 10.0 Å². The van der Waals surface area contributed by atoms with Crippen molar-refractivity contribution in [1.82, 2.24) is 0 Å². The van der Waals surface area contributed by atoms with Crippen LogP contribution in [-0.4, -0.2) is 37.8 Å². The van der Waals surface area contributed by atoms with Crippen LogP contribution in [0.5, 0.6) is 11.5 Å². The van der Waals surface area contributed by atoms with Crippen LogP contribution in [0.15, 0.2) is 41.3 Å². The lowest BCUT2D eigenvalue weighted by Crippen LogP contribution is -2.38. The average Bonchev–Trinajstić information content (AvgIpc) is 2.55. The van der Waals surface area contributed by atoms with Gasteiger partial charge in [-0.2, -0.15) is 0 Å². The summed E-state index contributed by atoms with van der Waals surface area (Å²) in [6.45, 7) is 1.79. The number of hydrogen-bond acceptors (Lipinski definition) is 5. The number of aromatic carboxylic acids is 1. The monoisotopic (exact) mass is 349 g/mol. The Labute approximate surface area is 138 Å². The highest BCUT2D eigenvalue weighted by molar-refractivity contribution is 7.93. The van der Waals surface area contributed by atoms with Crippen LogP contribution >= 0.6 is 0 Å². The number of ether oxygens (including phenoxy) is 1. The van der Waals surface area contributed by atoms with Crippen molar-refractivity contribution in [1.29, 1.82) is 0 Å². The number of benzene rings is 2. The second-order valence-corrected chi connectivity index (χ2v) is 7.19. The Hall–Kier alpha value is -2.74. The maximum atomic E-state index is 13.0. The van der Waals surface area contributed by atoms with Gasteiger partial charge in [-0.3, -0.25) is 4.31 Å². The molecule has 8 heteroatoms. The molecule has 0 spiro atoms. The Balaban J connectivity index is 2.19. The van der Waals surface area contributed by atoms with Crippen LogP contribution in [0.4, 0.5) is 5.69 Å². The maximum absolute atomic E-state index is 13.0. The van der Waals surface area contributed by atoms with Gasteiger partial charge in [0, 0.05) is 0 Å². The molecule has 24 heavy (non-hydrogen) atoms. The van der Waals surface area contributed by atoms with Gasteiger partial charge < -0.3 is 14.9 Å². The number of carboxylic acids is 1. The Morgan fingerprint density at radius 3 is 2.67 bits per heavy atom. The minimum atomic E-state index is -4.14. The van der Waals surface area contributed by atoms with Crippen molar-refractivity contribution in [2.24, 2.45) is 0 Å². The van der Waals surface area contributed by atoms with Gasteiger partial charge in [-0.05, 0) is 36.8 Å². The number of carbonyl (C=O) groups is 1. The molecule has 0 aliphatic carbocycles. The topological polar surface area (TPSA) is 104 Å². The Bertz CT molecular complexity index is 922. The second kappa shape index (κ2) is 5.72. The average molecular weight is 349 g/mol. The van der Waals surface area contributed by atoms with Crippen LogP contribution in [-0.2, 0) is 10.0 Å². The van der Waals surface area contributed by atoms with E-state index in [4.69, 9.17) is 9.84 Å². The zero-order valence-electron chi connectivity index (χ0n) is 12.8. The molecule has 0 unspecified atom stereocenters. The second-order valence-electron chi connectivity index (χ2n) is 5.36. The molecular formula is C16H15NO6S. The number of nitrogens with zero attached hydrogens (tertiary/aromatic N) is 1. The van der Waals surface area contributed by atoms with Crippen molar-refractivity contribution in [2.75, 3.05) is 17.5 Å². The van der Waals surface area contributed by atoms with Crippen LogP contribution in [0.1, 0.15) is 15.9 Å². The van der Waals surface area contributed by atoms with Crippen LogP contribution in [0.3, 0.4) is 0 Å². The fourth-order valence-electron chi connectivity index (χ4n) is 2.62.